The minimum Gasteiger partial charge on any atom is -0.367 e. The van der Waals surface area contributed by atoms with Gasteiger partial charge in [0.15, 0.2) is 5.69 Å². The molecule has 3 aromatic rings. The number of carbonyl (C=O) groups excluding carboxylic acids is 1. The van der Waals surface area contributed by atoms with Crippen LogP contribution in [0.4, 0.5) is 5.82 Å². The predicted octanol–water partition coefficient (Wildman–Crippen LogP) is 3.45. The zero-order valence-electron chi connectivity index (χ0n) is 17.1. The molecule has 12 heteroatoms. The van der Waals surface area contributed by atoms with E-state index < -0.39 is 15.9 Å². The van der Waals surface area contributed by atoms with E-state index in [9.17, 15) is 13.2 Å². The summed E-state index contributed by atoms with van der Waals surface area (Å²) in [4.78, 5) is 21.1. The van der Waals surface area contributed by atoms with Gasteiger partial charge in [0.05, 0.1) is 11.8 Å². The molecule has 0 aliphatic heterocycles. The lowest BCUT2D eigenvalue weighted by atomic mass is 10.1. The summed E-state index contributed by atoms with van der Waals surface area (Å²) in [5.41, 5.74) is 1.60. The van der Waals surface area contributed by atoms with Gasteiger partial charge in [-0.1, -0.05) is 41.4 Å². The number of nitrogens with one attached hydrogen (secondary N) is 2. The molecule has 0 spiro atoms. The molecule has 2 N–H and O–H groups in total. The van der Waals surface area contributed by atoms with Gasteiger partial charge in [0.2, 0.25) is 10.0 Å². The number of nitrogens with zero attached hydrogens (tertiary/aromatic N) is 4. The lowest BCUT2D eigenvalue weighted by molar-refractivity contribution is 0.0976. The third-order valence-corrected chi connectivity index (χ3v) is 5.17. The van der Waals surface area contributed by atoms with E-state index in [0.717, 1.165) is 6.26 Å². The number of halogens is 2. The van der Waals surface area contributed by atoms with Gasteiger partial charge in [-0.25, -0.2) is 17.8 Å². The van der Waals surface area contributed by atoms with Crippen LogP contribution >= 0.6 is 23.2 Å². The SMILES string of the molecule is Cc1cc(C(=O)NS(C)(=O)=O)nn1-c1nc(Cl)c(-c2ccccc2Cl)c(NC(C)C)n1. The molecule has 1 aromatic carbocycles. The van der Waals surface area contributed by atoms with Crippen LogP contribution in [0, 0.1) is 6.92 Å². The molecule has 31 heavy (non-hydrogen) atoms. The highest BCUT2D eigenvalue weighted by molar-refractivity contribution is 7.89. The van der Waals surface area contributed by atoms with Crippen LogP contribution in [0.3, 0.4) is 0 Å². The Hall–Kier alpha value is -2.69. The quantitative estimate of drug-likeness (QED) is 0.516. The van der Waals surface area contributed by atoms with E-state index >= 15 is 0 Å². The molecule has 1 amide bonds. The van der Waals surface area contributed by atoms with Gasteiger partial charge in [0.25, 0.3) is 11.9 Å². The van der Waals surface area contributed by atoms with Gasteiger partial charge < -0.3 is 5.32 Å². The van der Waals surface area contributed by atoms with E-state index in [4.69, 9.17) is 23.2 Å². The topological polar surface area (TPSA) is 119 Å². The second kappa shape index (κ2) is 8.81. The molecule has 0 aliphatic carbocycles. The Morgan fingerprint density at radius 2 is 1.84 bits per heavy atom. The first-order chi connectivity index (χ1) is 14.5. The van der Waals surface area contributed by atoms with Crippen molar-refractivity contribution in [3.05, 3.63) is 51.9 Å². The first kappa shape index (κ1) is 23.0. The molecule has 0 fully saturated rings. The van der Waals surface area contributed by atoms with Crippen LogP contribution in [0.15, 0.2) is 30.3 Å². The zero-order chi connectivity index (χ0) is 22.9. The standard InChI is InChI=1S/C19H20Cl2N6O3S/c1-10(2)22-17-15(12-7-5-6-8-13(12)20)16(21)23-19(24-17)27-11(3)9-14(25-27)18(28)26-31(4,29)30/h5-10H,1-4H3,(H,26,28)(H,22,23,24). The Labute approximate surface area is 189 Å². The fourth-order valence-corrected chi connectivity index (χ4v) is 3.74. The summed E-state index contributed by atoms with van der Waals surface area (Å²) < 4.78 is 25.9. The fraction of sp³-hybridized carbons (Fsp3) is 0.263. The highest BCUT2D eigenvalue weighted by Gasteiger charge is 2.22. The molecule has 3 rings (SSSR count). The largest absolute Gasteiger partial charge is 0.367 e. The van der Waals surface area contributed by atoms with E-state index in [0.29, 0.717) is 27.7 Å². The molecule has 0 saturated heterocycles. The smallest absolute Gasteiger partial charge is 0.285 e. The maximum Gasteiger partial charge on any atom is 0.285 e. The van der Waals surface area contributed by atoms with Gasteiger partial charge in [0.1, 0.15) is 11.0 Å². The van der Waals surface area contributed by atoms with Crippen LogP contribution in [0.2, 0.25) is 10.2 Å². The number of hydrogen-bond donors (Lipinski definition) is 2. The van der Waals surface area contributed by atoms with Gasteiger partial charge in [-0.05, 0) is 32.9 Å². The Kier molecular flexibility index (Phi) is 6.54. The molecule has 164 valence electrons. The Balaban J connectivity index is 2.13. The number of benzene rings is 1. The fourth-order valence-electron chi connectivity index (χ4n) is 2.81. The van der Waals surface area contributed by atoms with Crippen LogP contribution in [0.5, 0.6) is 0 Å². The normalized spacial score (nSPS) is 11.6. The molecular weight excluding hydrogens is 463 g/mol. The van der Waals surface area contributed by atoms with Crippen molar-refractivity contribution >= 4 is 45.0 Å². The first-order valence-electron chi connectivity index (χ1n) is 9.14. The molecule has 0 atom stereocenters. The monoisotopic (exact) mass is 482 g/mol. The molecule has 0 unspecified atom stereocenters. The number of aromatic nitrogens is 4. The van der Waals surface area contributed by atoms with Crippen molar-refractivity contribution in [1.29, 1.82) is 0 Å². The Morgan fingerprint density at radius 1 is 1.16 bits per heavy atom. The van der Waals surface area contributed by atoms with Crippen molar-refractivity contribution in [3.8, 4) is 17.1 Å². The molecular formula is C19H20Cl2N6O3S. The molecule has 0 saturated carbocycles. The van der Waals surface area contributed by atoms with Gasteiger partial charge in [-0.15, -0.1) is 0 Å². The third-order valence-electron chi connectivity index (χ3n) is 4.01. The van der Waals surface area contributed by atoms with Crippen LogP contribution in [0.1, 0.15) is 30.0 Å². The Bertz CT molecular complexity index is 1260. The highest BCUT2D eigenvalue weighted by Crippen LogP contribution is 2.37. The summed E-state index contributed by atoms with van der Waals surface area (Å²) in [6, 6.07) is 8.63. The first-order valence-corrected chi connectivity index (χ1v) is 11.8. The summed E-state index contributed by atoms with van der Waals surface area (Å²) in [5.74, 6) is -0.307. The average Bonchev–Trinajstić information content (AvgIpc) is 3.03. The second-order valence-electron chi connectivity index (χ2n) is 7.10. The maximum absolute atomic E-state index is 12.2. The number of carbonyl (C=O) groups is 1. The van der Waals surface area contributed by atoms with Crippen LogP contribution < -0.4 is 10.0 Å². The molecule has 2 heterocycles. The molecule has 2 aromatic heterocycles. The minimum absolute atomic E-state index is 0.0230. The lowest BCUT2D eigenvalue weighted by Gasteiger charge is -2.17. The van der Waals surface area contributed by atoms with Gasteiger partial charge in [-0.2, -0.15) is 15.1 Å². The van der Waals surface area contributed by atoms with Crippen LogP contribution in [-0.2, 0) is 10.0 Å². The van der Waals surface area contributed by atoms with E-state index in [2.05, 4.69) is 20.4 Å². The maximum atomic E-state index is 12.2. The minimum atomic E-state index is -3.73. The van der Waals surface area contributed by atoms with Gasteiger partial charge >= 0.3 is 0 Å². The third kappa shape index (κ3) is 5.33. The van der Waals surface area contributed by atoms with E-state index in [-0.39, 0.29) is 22.8 Å². The van der Waals surface area contributed by atoms with Crippen LogP contribution in [0.25, 0.3) is 17.1 Å². The highest BCUT2D eigenvalue weighted by atomic mass is 35.5. The summed E-state index contributed by atoms with van der Waals surface area (Å²) in [6.07, 6.45) is 0.884. The Morgan fingerprint density at radius 3 is 2.45 bits per heavy atom. The number of sulfonamides is 1. The number of aryl methyl sites for hydroxylation is 1. The van der Waals surface area contributed by atoms with E-state index in [1.165, 1.54) is 10.7 Å². The van der Waals surface area contributed by atoms with Crippen molar-refractivity contribution in [2.24, 2.45) is 0 Å². The summed E-state index contributed by atoms with van der Waals surface area (Å²) in [7, 11) is -3.73. The van der Waals surface area contributed by atoms with Crippen molar-refractivity contribution in [2.45, 2.75) is 26.8 Å². The van der Waals surface area contributed by atoms with Crippen molar-refractivity contribution in [2.75, 3.05) is 11.6 Å². The molecule has 9 nitrogen and oxygen atoms in total. The van der Waals surface area contributed by atoms with E-state index in [1.807, 2.05) is 30.7 Å². The zero-order valence-corrected chi connectivity index (χ0v) is 19.5. The molecule has 0 aliphatic rings. The molecule has 0 bridgehead atoms. The number of rotatable bonds is 6. The summed E-state index contributed by atoms with van der Waals surface area (Å²) in [5, 5.41) is 8.01. The number of hydrogen-bond acceptors (Lipinski definition) is 7. The van der Waals surface area contributed by atoms with Crippen molar-refractivity contribution in [3.63, 3.8) is 0 Å². The number of amides is 1. The van der Waals surface area contributed by atoms with Crippen molar-refractivity contribution in [1.82, 2.24) is 24.5 Å². The van der Waals surface area contributed by atoms with Crippen LogP contribution in [-0.4, -0.2) is 46.4 Å². The second-order valence-corrected chi connectivity index (χ2v) is 9.62. The van der Waals surface area contributed by atoms with Crippen molar-refractivity contribution < 1.29 is 13.2 Å². The number of anilines is 1. The average molecular weight is 483 g/mol. The lowest BCUT2D eigenvalue weighted by Crippen LogP contribution is -2.29. The van der Waals surface area contributed by atoms with Gasteiger partial charge in [-0.3, -0.25) is 4.79 Å². The summed E-state index contributed by atoms with van der Waals surface area (Å²) >= 11 is 12.9. The molecule has 0 radical (unpaired) electrons. The van der Waals surface area contributed by atoms with E-state index in [1.54, 1.807) is 19.1 Å². The summed E-state index contributed by atoms with van der Waals surface area (Å²) in [6.45, 7) is 5.57. The predicted molar refractivity (Wildman–Crippen MR) is 120 cm³/mol. The van der Waals surface area contributed by atoms with Gasteiger partial charge in [0, 0.05) is 22.3 Å².